The van der Waals surface area contributed by atoms with Gasteiger partial charge in [-0.2, -0.15) is 0 Å². The van der Waals surface area contributed by atoms with E-state index in [4.69, 9.17) is 9.15 Å². The summed E-state index contributed by atoms with van der Waals surface area (Å²) in [6.45, 7) is 11.5. The first kappa shape index (κ1) is 24.0. The fraction of sp³-hybridized carbons (Fsp3) is 0.407. The van der Waals surface area contributed by atoms with Crippen LogP contribution in [0.4, 0.5) is 4.39 Å². The molecule has 1 fully saturated rings. The van der Waals surface area contributed by atoms with Crippen LogP contribution in [-0.4, -0.2) is 47.5 Å². The number of carbonyl (C=O) groups excluding carboxylic acids is 1. The molecular formula is C27H31FN2O4. The number of aryl methyl sites for hydroxylation is 2. The Balaban J connectivity index is 1.42. The van der Waals surface area contributed by atoms with Crippen LogP contribution in [0, 0.1) is 26.6 Å². The molecule has 0 unspecified atom stereocenters. The van der Waals surface area contributed by atoms with E-state index >= 15 is 0 Å². The standard InChI is InChI=1S/C27H31FN2O4/c1-16-13-30(17(2)12-29(16)14-21-6-8-22(28)9-7-21)25(31)15-33-24-11-10-23-18(3)19(4)27(32)34-26(23)20(24)5/h6-11,16-17H,12-15H2,1-5H3/t16-,17+/m0/s1. The Morgan fingerprint density at radius 1 is 1.00 bits per heavy atom. The lowest BCUT2D eigenvalue weighted by molar-refractivity contribution is -0.139. The highest BCUT2D eigenvalue weighted by Crippen LogP contribution is 2.29. The molecule has 2 atom stereocenters. The summed E-state index contributed by atoms with van der Waals surface area (Å²) in [6, 6.07) is 10.4. The summed E-state index contributed by atoms with van der Waals surface area (Å²) in [4.78, 5) is 29.3. The fourth-order valence-electron chi connectivity index (χ4n) is 4.59. The summed E-state index contributed by atoms with van der Waals surface area (Å²) in [5.41, 5.74) is 3.37. The van der Waals surface area contributed by atoms with Crippen LogP contribution >= 0.6 is 0 Å². The number of rotatable bonds is 5. The van der Waals surface area contributed by atoms with E-state index in [1.165, 1.54) is 12.1 Å². The highest BCUT2D eigenvalue weighted by atomic mass is 19.1. The minimum Gasteiger partial charge on any atom is -0.483 e. The quantitative estimate of drug-likeness (QED) is 0.523. The number of carbonyl (C=O) groups is 1. The Bertz CT molecular complexity index is 1270. The number of ether oxygens (including phenoxy) is 1. The maximum atomic E-state index is 13.2. The van der Waals surface area contributed by atoms with Crippen LogP contribution in [0.1, 0.15) is 36.1 Å². The maximum absolute atomic E-state index is 13.2. The zero-order chi connectivity index (χ0) is 24.6. The SMILES string of the molecule is Cc1c(C)c2ccc(OCC(=O)N3C[C@H](C)N(Cc4ccc(F)cc4)C[C@H]3C)c(C)c2oc1=O. The van der Waals surface area contributed by atoms with Crippen molar-refractivity contribution in [2.24, 2.45) is 0 Å². The summed E-state index contributed by atoms with van der Waals surface area (Å²) in [6.07, 6.45) is 0. The molecule has 0 aliphatic carbocycles. The molecule has 1 aliphatic rings. The molecule has 4 rings (SSSR count). The Morgan fingerprint density at radius 3 is 2.41 bits per heavy atom. The normalized spacial score (nSPS) is 18.9. The number of piperazine rings is 1. The highest BCUT2D eigenvalue weighted by Gasteiger charge is 2.32. The average Bonchev–Trinajstić information content (AvgIpc) is 2.81. The number of hydrogen-bond donors (Lipinski definition) is 0. The molecule has 2 heterocycles. The topological polar surface area (TPSA) is 63.0 Å². The van der Waals surface area contributed by atoms with E-state index < -0.39 is 0 Å². The fourth-order valence-corrected chi connectivity index (χ4v) is 4.59. The molecule has 2 aromatic carbocycles. The third kappa shape index (κ3) is 4.71. The first-order valence-electron chi connectivity index (χ1n) is 11.6. The van der Waals surface area contributed by atoms with Crippen LogP contribution in [0.15, 0.2) is 45.6 Å². The van der Waals surface area contributed by atoms with Gasteiger partial charge < -0.3 is 14.1 Å². The van der Waals surface area contributed by atoms with Gasteiger partial charge in [0.25, 0.3) is 5.91 Å². The molecule has 6 nitrogen and oxygen atoms in total. The van der Waals surface area contributed by atoms with Crippen molar-refractivity contribution in [1.29, 1.82) is 0 Å². The van der Waals surface area contributed by atoms with Crippen molar-refractivity contribution >= 4 is 16.9 Å². The molecule has 180 valence electrons. The van der Waals surface area contributed by atoms with Gasteiger partial charge in [-0.3, -0.25) is 9.69 Å². The summed E-state index contributed by atoms with van der Waals surface area (Å²) >= 11 is 0. The number of hydrogen-bond acceptors (Lipinski definition) is 5. The second-order valence-electron chi connectivity index (χ2n) is 9.29. The Morgan fingerprint density at radius 2 is 1.71 bits per heavy atom. The summed E-state index contributed by atoms with van der Waals surface area (Å²) in [7, 11) is 0. The predicted octanol–water partition coefficient (Wildman–Crippen LogP) is 4.36. The smallest absolute Gasteiger partial charge is 0.339 e. The van der Waals surface area contributed by atoms with Gasteiger partial charge in [-0.1, -0.05) is 12.1 Å². The lowest BCUT2D eigenvalue weighted by atomic mass is 10.0. The molecule has 0 radical (unpaired) electrons. The van der Waals surface area contributed by atoms with Crippen LogP contribution in [-0.2, 0) is 11.3 Å². The van der Waals surface area contributed by atoms with Crippen LogP contribution in [0.3, 0.4) is 0 Å². The van der Waals surface area contributed by atoms with Gasteiger partial charge in [0, 0.05) is 48.2 Å². The molecule has 1 saturated heterocycles. The van der Waals surface area contributed by atoms with Gasteiger partial charge in [0.05, 0.1) is 0 Å². The van der Waals surface area contributed by atoms with E-state index in [1.807, 2.05) is 37.8 Å². The van der Waals surface area contributed by atoms with Gasteiger partial charge in [-0.25, -0.2) is 9.18 Å². The lowest BCUT2D eigenvalue weighted by Gasteiger charge is -2.44. The van der Waals surface area contributed by atoms with Crippen molar-refractivity contribution in [3.63, 3.8) is 0 Å². The van der Waals surface area contributed by atoms with Crippen LogP contribution in [0.2, 0.25) is 0 Å². The van der Waals surface area contributed by atoms with E-state index in [-0.39, 0.29) is 36.0 Å². The van der Waals surface area contributed by atoms with Gasteiger partial charge in [-0.15, -0.1) is 0 Å². The number of halogens is 1. The van der Waals surface area contributed by atoms with Gasteiger partial charge in [0.15, 0.2) is 6.61 Å². The van der Waals surface area contributed by atoms with E-state index in [0.29, 0.717) is 35.5 Å². The average molecular weight is 467 g/mol. The zero-order valence-electron chi connectivity index (χ0n) is 20.4. The second kappa shape index (κ2) is 9.58. The lowest BCUT2D eigenvalue weighted by Crippen LogP contribution is -2.58. The molecule has 0 spiro atoms. The third-order valence-electron chi connectivity index (χ3n) is 6.91. The molecule has 7 heteroatoms. The number of nitrogens with zero attached hydrogens (tertiary/aromatic N) is 2. The molecule has 0 bridgehead atoms. The molecule has 3 aromatic rings. The van der Waals surface area contributed by atoms with Crippen molar-refractivity contribution < 1.29 is 18.3 Å². The van der Waals surface area contributed by atoms with Crippen molar-refractivity contribution in [1.82, 2.24) is 9.80 Å². The number of amides is 1. The highest BCUT2D eigenvalue weighted by molar-refractivity contribution is 5.86. The molecule has 0 saturated carbocycles. The molecule has 1 aliphatic heterocycles. The van der Waals surface area contributed by atoms with Crippen molar-refractivity contribution in [3.05, 3.63) is 74.9 Å². The number of fused-ring (bicyclic) bond motifs is 1. The summed E-state index contributed by atoms with van der Waals surface area (Å²) in [5, 5.41) is 0.869. The molecule has 1 amide bonds. The van der Waals surface area contributed by atoms with Crippen molar-refractivity contribution in [2.45, 2.75) is 53.2 Å². The zero-order valence-corrected chi connectivity index (χ0v) is 20.4. The summed E-state index contributed by atoms with van der Waals surface area (Å²) < 4.78 is 24.6. The molecule has 34 heavy (non-hydrogen) atoms. The van der Waals surface area contributed by atoms with Crippen LogP contribution < -0.4 is 10.4 Å². The van der Waals surface area contributed by atoms with Gasteiger partial charge in [-0.05, 0) is 70.0 Å². The van der Waals surface area contributed by atoms with Crippen molar-refractivity contribution in [3.8, 4) is 5.75 Å². The molecule has 1 aromatic heterocycles. The molecular weight excluding hydrogens is 435 g/mol. The largest absolute Gasteiger partial charge is 0.483 e. The predicted molar refractivity (Wildman–Crippen MR) is 130 cm³/mol. The molecule has 0 N–H and O–H groups in total. The van der Waals surface area contributed by atoms with E-state index in [0.717, 1.165) is 23.1 Å². The first-order chi connectivity index (χ1) is 16.2. The maximum Gasteiger partial charge on any atom is 0.339 e. The first-order valence-corrected chi connectivity index (χ1v) is 11.6. The van der Waals surface area contributed by atoms with E-state index in [1.54, 1.807) is 19.1 Å². The van der Waals surface area contributed by atoms with Crippen molar-refractivity contribution in [2.75, 3.05) is 19.7 Å². The van der Waals surface area contributed by atoms with Gasteiger partial charge in [0.1, 0.15) is 17.1 Å². The van der Waals surface area contributed by atoms with E-state index in [9.17, 15) is 14.0 Å². The monoisotopic (exact) mass is 466 g/mol. The second-order valence-corrected chi connectivity index (χ2v) is 9.29. The minimum atomic E-state index is -0.359. The number of benzene rings is 2. The van der Waals surface area contributed by atoms with Crippen LogP contribution in [0.25, 0.3) is 11.0 Å². The minimum absolute atomic E-state index is 0.0223. The van der Waals surface area contributed by atoms with Gasteiger partial charge in [0.2, 0.25) is 0 Å². The Labute approximate surface area is 198 Å². The summed E-state index contributed by atoms with van der Waals surface area (Å²) in [5.74, 6) is 0.208. The Hall–Kier alpha value is -3.19. The van der Waals surface area contributed by atoms with E-state index in [2.05, 4.69) is 11.8 Å². The third-order valence-corrected chi connectivity index (χ3v) is 6.91. The Kier molecular flexibility index (Phi) is 6.75. The van der Waals surface area contributed by atoms with Gasteiger partial charge >= 0.3 is 5.63 Å². The van der Waals surface area contributed by atoms with Crippen LogP contribution in [0.5, 0.6) is 5.75 Å².